The van der Waals surface area contributed by atoms with E-state index in [-0.39, 0.29) is 5.91 Å². The van der Waals surface area contributed by atoms with Gasteiger partial charge < -0.3 is 24.4 Å². The van der Waals surface area contributed by atoms with Crippen LogP contribution in [-0.2, 0) is 26.1 Å². The third kappa shape index (κ3) is 9.33. The van der Waals surface area contributed by atoms with Gasteiger partial charge in [0, 0.05) is 55.1 Å². The van der Waals surface area contributed by atoms with Crippen molar-refractivity contribution in [2.45, 2.75) is 50.2 Å². The highest BCUT2D eigenvalue weighted by Crippen LogP contribution is 2.34. The van der Waals surface area contributed by atoms with E-state index in [1.165, 1.54) is 0 Å². The van der Waals surface area contributed by atoms with Gasteiger partial charge in [-0.1, -0.05) is 44.5 Å². The third-order valence-electron chi connectivity index (χ3n) is 8.15. The summed E-state index contributed by atoms with van der Waals surface area (Å²) >= 11 is 0. The van der Waals surface area contributed by atoms with Crippen molar-refractivity contribution in [3.63, 3.8) is 0 Å². The molecule has 0 spiro atoms. The number of carbonyl (C=O) groups is 1. The molecule has 8 nitrogen and oxygen atoms in total. The standard InChI is InChI=1S/C39H45N3O5S/c1-4-6-21-46-22-23-47-35-13-9-30(10-14-35)31-11-15-36-33(24-31)25-32(17-20-42(36)19-5-2)39(43)41-34-12-16-38(37(26-34)45-3)48(44)28-29-8-7-18-40-27-29/h7-16,18,24-27H,4-6,17,19-23,28H2,1-3H3,(H,41,43). The second-order valence-electron chi connectivity index (χ2n) is 11.7. The Kier molecular flexibility index (Phi) is 12.8. The quantitative estimate of drug-likeness (QED) is 0.122. The Labute approximate surface area is 286 Å². The molecule has 1 aromatic heterocycles. The molecular formula is C39H45N3O5S. The largest absolute Gasteiger partial charge is 0.495 e. The number of amides is 1. The molecule has 4 aromatic rings. The molecule has 1 aliphatic heterocycles. The summed E-state index contributed by atoms with van der Waals surface area (Å²) in [5.74, 6) is 1.43. The van der Waals surface area contributed by atoms with E-state index in [4.69, 9.17) is 14.2 Å². The summed E-state index contributed by atoms with van der Waals surface area (Å²) in [6.07, 6.45) is 9.20. The molecule has 0 bridgehead atoms. The Morgan fingerprint density at radius 1 is 0.958 bits per heavy atom. The Hall–Kier alpha value is -4.47. The fraction of sp³-hybridized carbons (Fsp3) is 0.333. The fourth-order valence-corrected chi connectivity index (χ4v) is 6.84. The van der Waals surface area contributed by atoms with E-state index in [2.05, 4.69) is 59.4 Å². The zero-order valence-corrected chi connectivity index (χ0v) is 28.9. The number of nitrogens with one attached hydrogen (secondary N) is 1. The minimum atomic E-state index is -1.33. The van der Waals surface area contributed by atoms with E-state index in [1.807, 2.05) is 30.3 Å². The van der Waals surface area contributed by atoms with E-state index in [1.54, 1.807) is 37.7 Å². The molecule has 0 radical (unpaired) electrons. The molecule has 0 saturated heterocycles. The molecule has 1 aliphatic rings. The van der Waals surface area contributed by atoms with Gasteiger partial charge in [-0.05, 0) is 90.1 Å². The second kappa shape index (κ2) is 17.6. The van der Waals surface area contributed by atoms with E-state index in [0.717, 1.165) is 72.6 Å². The van der Waals surface area contributed by atoms with Gasteiger partial charge in [0.1, 0.15) is 18.1 Å². The summed E-state index contributed by atoms with van der Waals surface area (Å²) in [5.41, 5.74) is 6.42. The predicted octanol–water partition coefficient (Wildman–Crippen LogP) is 7.90. The zero-order valence-electron chi connectivity index (χ0n) is 28.1. The number of unbranched alkanes of at least 4 members (excludes halogenated alkanes) is 1. The first kappa shape index (κ1) is 34.9. The van der Waals surface area contributed by atoms with Crippen molar-refractivity contribution in [1.29, 1.82) is 0 Å². The van der Waals surface area contributed by atoms with E-state index >= 15 is 0 Å². The molecule has 9 heteroatoms. The maximum Gasteiger partial charge on any atom is 0.251 e. The van der Waals surface area contributed by atoms with Gasteiger partial charge in [0.05, 0.1) is 35.2 Å². The highest BCUT2D eigenvalue weighted by Gasteiger charge is 2.21. The van der Waals surface area contributed by atoms with Crippen molar-refractivity contribution < 1.29 is 23.2 Å². The number of benzene rings is 3. The Morgan fingerprint density at radius 2 is 1.79 bits per heavy atom. The molecule has 3 aromatic carbocycles. The van der Waals surface area contributed by atoms with Gasteiger partial charge in [-0.3, -0.25) is 14.0 Å². The van der Waals surface area contributed by atoms with Gasteiger partial charge in [-0.2, -0.15) is 0 Å². The molecule has 1 amide bonds. The highest BCUT2D eigenvalue weighted by atomic mass is 32.2. The first-order valence-corrected chi connectivity index (χ1v) is 18.0. The van der Waals surface area contributed by atoms with Gasteiger partial charge in [-0.15, -0.1) is 0 Å². The number of aromatic nitrogens is 1. The molecule has 252 valence electrons. The third-order valence-corrected chi connectivity index (χ3v) is 9.57. The van der Waals surface area contributed by atoms with Crippen molar-refractivity contribution >= 4 is 34.2 Å². The van der Waals surface area contributed by atoms with Crippen molar-refractivity contribution in [1.82, 2.24) is 4.98 Å². The lowest BCUT2D eigenvalue weighted by atomic mass is 10.00. The van der Waals surface area contributed by atoms with Gasteiger partial charge in [-0.25, -0.2) is 0 Å². The minimum Gasteiger partial charge on any atom is -0.495 e. The second-order valence-corrected chi connectivity index (χ2v) is 13.1. The molecule has 2 heterocycles. The van der Waals surface area contributed by atoms with Crippen LogP contribution in [0.3, 0.4) is 0 Å². The van der Waals surface area contributed by atoms with Crippen LogP contribution in [0.15, 0.2) is 95.7 Å². The van der Waals surface area contributed by atoms with Crippen LogP contribution in [0.2, 0.25) is 0 Å². The van der Waals surface area contributed by atoms with Crippen LogP contribution in [0.1, 0.15) is 50.7 Å². The summed E-state index contributed by atoms with van der Waals surface area (Å²) in [5, 5.41) is 3.05. The number of nitrogens with zero attached hydrogens (tertiary/aromatic N) is 2. The van der Waals surface area contributed by atoms with Crippen LogP contribution < -0.4 is 19.7 Å². The number of fused-ring (bicyclic) bond motifs is 1. The molecule has 0 aliphatic carbocycles. The lowest BCUT2D eigenvalue weighted by Gasteiger charge is -2.25. The number of pyridine rings is 1. The lowest BCUT2D eigenvalue weighted by molar-refractivity contribution is -0.112. The van der Waals surface area contributed by atoms with Crippen LogP contribution in [-0.4, -0.2) is 55.1 Å². The first-order chi connectivity index (χ1) is 23.5. The first-order valence-electron chi connectivity index (χ1n) is 16.7. The van der Waals surface area contributed by atoms with Crippen molar-refractivity contribution in [2.75, 3.05) is 50.2 Å². The number of carbonyl (C=O) groups excluding carboxylic acids is 1. The molecule has 0 saturated carbocycles. The van der Waals surface area contributed by atoms with Gasteiger partial charge in [0.2, 0.25) is 0 Å². The zero-order chi connectivity index (χ0) is 33.7. The Morgan fingerprint density at radius 3 is 2.54 bits per heavy atom. The molecule has 5 rings (SSSR count). The minimum absolute atomic E-state index is 0.170. The molecule has 1 N–H and O–H groups in total. The van der Waals surface area contributed by atoms with Crippen molar-refractivity contribution in [3.8, 4) is 22.6 Å². The Balaban J connectivity index is 1.31. The predicted molar refractivity (Wildman–Crippen MR) is 194 cm³/mol. The van der Waals surface area contributed by atoms with Crippen LogP contribution in [0.4, 0.5) is 11.4 Å². The normalized spacial score (nSPS) is 13.2. The lowest BCUT2D eigenvalue weighted by Crippen LogP contribution is -2.26. The highest BCUT2D eigenvalue weighted by molar-refractivity contribution is 7.84. The molecule has 0 fully saturated rings. The van der Waals surface area contributed by atoms with Crippen LogP contribution in [0.25, 0.3) is 17.2 Å². The van der Waals surface area contributed by atoms with E-state index in [0.29, 0.717) is 47.3 Å². The van der Waals surface area contributed by atoms with E-state index in [9.17, 15) is 9.00 Å². The molecule has 48 heavy (non-hydrogen) atoms. The summed E-state index contributed by atoms with van der Waals surface area (Å²) in [7, 11) is 0.209. The topological polar surface area (TPSA) is 90.0 Å². The SMILES string of the molecule is CCCCOCCOc1ccc(-c2ccc3c(c2)C=C(C(=O)Nc2ccc(S(=O)Cc4cccnc4)c(OC)c2)CCN3CCC)cc1. The summed E-state index contributed by atoms with van der Waals surface area (Å²) in [6.45, 7) is 7.83. The summed E-state index contributed by atoms with van der Waals surface area (Å²) in [4.78, 5) is 20.7. The van der Waals surface area contributed by atoms with Gasteiger partial charge in [0.15, 0.2) is 0 Å². The summed E-state index contributed by atoms with van der Waals surface area (Å²) < 4.78 is 30.2. The molecular weight excluding hydrogens is 623 g/mol. The van der Waals surface area contributed by atoms with Crippen LogP contribution >= 0.6 is 0 Å². The molecule has 1 atom stereocenters. The smallest absolute Gasteiger partial charge is 0.251 e. The Bertz CT molecular complexity index is 1710. The average Bonchev–Trinajstić information content (AvgIpc) is 3.29. The van der Waals surface area contributed by atoms with Crippen LogP contribution in [0.5, 0.6) is 11.5 Å². The number of rotatable bonds is 16. The maximum atomic E-state index is 13.7. The van der Waals surface area contributed by atoms with Crippen molar-refractivity contribution in [3.05, 3.63) is 102 Å². The summed E-state index contributed by atoms with van der Waals surface area (Å²) in [6, 6.07) is 23.5. The van der Waals surface area contributed by atoms with Gasteiger partial charge >= 0.3 is 0 Å². The fourth-order valence-electron chi connectivity index (χ4n) is 5.62. The molecule has 1 unspecified atom stereocenters. The monoisotopic (exact) mass is 667 g/mol. The number of ether oxygens (including phenoxy) is 3. The van der Waals surface area contributed by atoms with Crippen molar-refractivity contribution in [2.24, 2.45) is 0 Å². The van der Waals surface area contributed by atoms with Gasteiger partial charge in [0.25, 0.3) is 5.91 Å². The number of anilines is 2. The average molecular weight is 668 g/mol. The van der Waals surface area contributed by atoms with Crippen LogP contribution in [0, 0.1) is 0 Å². The van der Waals surface area contributed by atoms with E-state index < -0.39 is 10.8 Å². The number of methoxy groups -OCH3 is 1. The number of hydrogen-bond donors (Lipinski definition) is 1. The maximum absolute atomic E-state index is 13.7. The number of hydrogen-bond acceptors (Lipinski definition) is 7.